The zero-order chi connectivity index (χ0) is 15.1. The summed E-state index contributed by atoms with van der Waals surface area (Å²) in [4.78, 5) is 11.2. The van der Waals surface area contributed by atoms with Gasteiger partial charge in [0, 0.05) is 6.04 Å². The van der Waals surface area contributed by atoms with Crippen LogP contribution in [0, 0.1) is 0 Å². The topological polar surface area (TPSA) is 77.0 Å². The maximum Gasteiger partial charge on any atom is 0.324 e. The largest absolute Gasteiger partial charge is 0.493 e. The van der Waals surface area contributed by atoms with Crippen molar-refractivity contribution in [1.82, 2.24) is 5.32 Å². The number of para-hydroxylation sites is 1. The predicted octanol–water partition coefficient (Wildman–Crippen LogP) is 1.53. The van der Waals surface area contributed by atoms with Crippen molar-refractivity contribution in [2.75, 3.05) is 20.8 Å². The van der Waals surface area contributed by atoms with Crippen LogP contribution < -0.4 is 19.5 Å². The van der Waals surface area contributed by atoms with Crippen LogP contribution in [0.2, 0.25) is 0 Å². The highest BCUT2D eigenvalue weighted by Gasteiger charge is 2.21. The normalized spacial score (nSPS) is 12.1. The average Bonchev–Trinajstić information content (AvgIpc) is 2.42. The van der Waals surface area contributed by atoms with E-state index < -0.39 is 12.0 Å². The van der Waals surface area contributed by atoms with Gasteiger partial charge in [0.05, 0.1) is 14.2 Å². The molecule has 0 aliphatic carbocycles. The van der Waals surface area contributed by atoms with E-state index in [1.165, 1.54) is 14.2 Å². The summed E-state index contributed by atoms with van der Waals surface area (Å²) in [6.45, 7) is 3.73. The van der Waals surface area contributed by atoms with Crippen LogP contribution in [0.3, 0.4) is 0 Å². The van der Waals surface area contributed by atoms with Crippen molar-refractivity contribution in [3.63, 3.8) is 0 Å². The average molecular weight is 283 g/mol. The first-order valence-corrected chi connectivity index (χ1v) is 6.32. The van der Waals surface area contributed by atoms with Gasteiger partial charge in [-0.2, -0.15) is 0 Å². The first-order chi connectivity index (χ1) is 9.49. The lowest BCUT2D eigenvalue weighted by atomic mass is 10.2. The van der Waals surface area contributed by atoms with Crippen molar-refractivity contribution in [3.05, 3.63) is 18.2 Å². The van der Waals surface area contributed by atoms with E-state index in [1.54, 1.807) is 18.2 Å². The molecule has 1 rings (SSSR count). The monoisotopic (exact) mass is 283 g/mol. The Bertz CT molecular complexity index is 425. The summed E-state index contributed by atoms with van der Waals surface area (Å²) in [6.07, 6.45) is 0. The third-order valence-corrected chi connectivity index (χ3v) is 2.61. The van der Waals surface area contributed by atoms with Crippen LogP contribution in [-0.2, 0) is 4.79 Å². The highest BCUT2D eigenvalue weighted by atomic mass is 16.5. The Kier molecular flexibility index (Phi) is 6.11. The molecule has 0 radical (unpaired) electrons. The summed E-state index contributed by atoms with van der Waals surface area (Å²) < 4.78 is 16.0. The van der Waals surface area contributed by atoms with Gasteiger partial charge in [-0.15, -0.1) is 0 Å². The molecule has 1 atom stereocenters. The molecule has 0 bridgehead atoms. The molecule has 6 heteroatoms. The van der Waals surface area contributed by atoms with E-state index in [1.807, 2.05) is 13.8 Å². The van der Waals surface area contributed by atoms with E-state index in [0.717, 1.165) is 0 Å². The molecule has 0 aliphatic rings. The van der Waals surface area contributed by atoms with Crippen LogP contribution in [0.15, 0.2) is 18.2 Å². The smallest absolute Gasteiger partial charge is 0.324 e. The molecule has 1 aromatic rings. The summed E-state index contributed by atoms with van der Waals surface area (Å²) in [5, 5.41) is 12.1. The van der Waals surface area contributed by atoms with Gasteiger partial charge in [0.1, 0.15) is 12.6 Å². The number of hydrogen-bond donors (Lipinski definition) is 2. The van der Waals surface area contributed by atoms with Gasteiger partial charge in [-0.3, -0.25) is 10.1 Å². The number of rotatable bonds is 8. The number of aliphatic carboxylic acids is 1. The van der Waals surface area contributed by atoms with Gasteiger partial charge < -0.3 is 19.3 Å². The number of ether oxygens (including phenoxy) is 3. The Labute approximate surface area is 118 Å². The van der Waals surface area contributed by atoms with Crippen LogP contribution in [-0.4, -0.2) is 44.0 Å². The summed E-state index contributed by atoms with van der Waals surface area (Å²) in [6, 6.07) is 4.46. The Morgan fingerprint density at radius 3 is 2.20 bits per heavy atom. The van der Waals surface area contributed by atoms with Gasteiger partial charge in [0.2, 0.25) is 5.75 Å². The molecule has 1 unspecified atom stereocenters. The SMILES string of the molecule is COc1cccc(OC)c1OCC(NC(C)C)C(=O)O. The summed E-state index contributed by atoms with van der Waals surface area (Å²) in [5.41, 5.74) is 0. The number of nitrogens with one attached hydrogen (secondary N) is 1. The van der Waals surface area contributed by atoms with Crippen molar-refractivity contribution in [2.45, 2.75) is 25.9 Å². The second-order valence-electron chi connectivity index (χ2n) is 4.51. The molecule has 2 N–H and O–H groups in total. The molecular formula is C14H21NO5. The molecule has 0 aromatic heterocycles. The molecule has 1 aromatic carbocycles. The van der Waals surface area contributed by atoms with Crippen molar-refractivity contribution >= 4 is 5.97 Å². The fraction of sp³-hybridized carbons (Fsp3) is 0.500. The number of hydrogen-bond acceptors (Lipinski definition) is 5. The van der Waals surface area contributed by atoms with E-state index in [9.17, 15) is 4.79 Å². The Balaban J connectivity index is 2.84. The lowest BCUT2D eigenvalue weighted by Crippen LogP contribution is -2.44. The summed E-state index contributed by atoms with van der Waals surface area (Å²) in [7, 11) is 3.03. The number of carboxylic acids is 1. The van der Waals surface area contributed by atoms with Gasteiger partial charge in [0.25, 0.3) is 0 Å². The number of carboxylic acid groups (broad SMARTS) is 1. The summed E-state index contributed by atoms with van der Waals surface area (Å²) >= 11 is 0. The minimum Gasteiger partial charge on any atom is -0.493 e. The van der Waals surface area contributed by atoms with Crippen molar-refractivity contribution in [1.29, 1.82) is 0 Å². The molecule has 112 valence electrons. The fourth-order valence-electron chi connectivity index (χ4n) is 1.72. The molecule has 0 aliphatic heterocycles. The highest BCUT2D eigenvalue weighted by Crippen LogP contribution is 2.36. The first-order valence-electron chi connectivity index (χ1n) is 6.32. The molecule has 0 fully saturated rings. The van der Waals surface area contributed by atoms with Gasteiger partial charge in [-0.05, 0) is 12.1 Å². The van der Waals surface area contributed by atoms with Crippen molar-refractivity contribution in [3.8, 4) is 17.2 Å². The first kappa shape index (κ1) is 16.1. The van der Waals surface area contributed by atoms with Gasteiger partial charge in [-0.25, -0.2) is 0 Å². The van der Waals surface area contributed by atoms with Crippen LogP contribution in [0.4, 0.5) is 0 Å². The Morgan fingerprint density at radius 1 is 1.25 bits per heavy atom. The molecule has 20 heavy (non-hydrogen) atoms. The van der Waals surface area contributed by atoms with Gasteiger partial charge in [-0.1, -0.05) is 19.9 Å². The van der Waals surface area contributed by atoms with E-state index in [4.69, 9.17) is 19.3 Å². The maximum atomic E-state index is 11.2. The Morgan fingerprint density at radius 2 is 1.80 bits per heavy atom. The van der Waals surface area contributed by atoms with Gasteiger partial charge >= 0.3 is 5.97 Å². The van der Waals surface area contributed by atoms with E-state index in [2.05, 4.69) is 5.32 Å². The third kappa shape index (κ3) is 4.31. The number of methoxy groups -OCH3 is 2. The highest BCUT2D eigenvalue weighted by molar-refractivity contribution is 5.73. The molecule has 6 nitrogen and oxygen atoms in total. The Hall–Kier alpha value is -1.95. The van der Waals surface area contributed by atoms with Crippen molar-refractivity contribution in [2.24, 2.45) is 0 Å². The molecular weight excluding hydrogens is 262 g/mol. The third-order valence-electron chi connectivity index (χ3n) is 2.61. The van der Waals surface area contributed by atoms with Crippen LogP contribution in [0.1, 0.15) is 13.8 Å². The molecule has 0 spiro atoms. The maximum absolute atomic E-state index is 11.2. The second kappa shape index (κ2) is 7.59. The van der Waals surface area contributed by atoms with E-state index >= 15 is 0 Å². The van der Waals surface area contributed by atoms with Crippen LogP contribution in [0.25, 0.3) is 0 Å². The molecule has 0 amide bonds. The predicted molar refractivity (Wildman–Crippen MR) is 74.7 cm³/mol. The van der Waals surface area contributed by atoms with Gasteiger partial charge in [0.15, 0.2) is 11.5 Å². The zero-order valence-electron chi connectivity index (χ0n) is 12.2. The van der Waals surface area contributed by atoms with Crippen LogP contribution >= 0.6 is 0 Å². The van der Waals surface area contributed by atoms with Crippen molar-refractivity contribution < 1.29 is 24.1 Å². The lowest BCUT2D eigenvalue weighted by molar-refractivity contribution is -0.140. The lowest BCUT2D eigenvalue weighted by Gasteiger charge is -2.19. The zero-order valence-corrected chi connectivity index (χ0v) is 12.2. The second-order valence-corrected chi connectivity index (χ2v) is 4.51. The molecule has 0 saturated heterocycles. The number of benzene rings is 1. The van der Waals surface area contributed by atoms with Crippen LogP contribution in [0.5, 0.6) is 17.2 Å². The quantitative estimate of drug-likeness (QED) is 0.753. The van der Waals surface area contributed by atoms with E-state index in [-0.39, 0.29) is 12.6 Å². The standard InChI is InChI=1S/C14H21NO5/c1-9(2)15-10(14(16)17)8-20-13-11(18-3)6-5-7-12(13)19-4/h5-7,9-10,15H,8H2,1-4H3,(H,16,17). The molecule has 0 heterocycles. The molecule has 0 saturated carbocycles. The van der Waals surface area contributed by atoms with E-state index in [0.29, 0.717) is 17.2 Å². The number of carbonyl (C=O) groups is 1. The fourth-order valence-corrected chi connectivity index (χ4v) is 1.72. The minimum absolute atomic E-state index is 0.0236. The summed E-state index contributed by atoms with van der Waals surface area (Å²) in [5.74, 6) is 0.429. The minimum atomic E-state index is -0.965.